The highest BCUT2D eigenvalue weighted by Crippen LogP contribution is 2.23. The van der Waals surface area contributed by atoms with Gasteiger partial charge in [-0.25, -0.2) is 8.78 Å². The van der Waals surface area contributed by atoms with Gasteiger partial charge in [0.25, 0.3) is 0 Å². The first-order chi connectivity index (χ1) is 10.0. The highest BCUT2D eigenvalue weighted by molar-refractivity contribution is 5.32. The van der Waals surface area contributed by atoms with Crippen LogP contribution in [0.15, 0.2) is 36.4 Å². The summed E-state index contributed by atoms with van der Waals surface area (Å²) < 4.78 is 37.6. The van der Waals surface area contributed by atoms with E-state index in [0.717, 1.165) is 0 Å². The molecule has 0 amide bonds. The minimum Gasteiger partial charge on any atom is -0.494 e. The van der Waals surface area contributed by atoms with E-state index < -0.39 is 11.6 Å². The maximum Gasteiger partial charge on any atom is 0.165 e. The molecule has 1 atom stereocenters. The van der Waals surface area contributed by atoms with Crippen LogP contribution in [0, 0.1) is 11.6 Å². The number of methoxy groups -OCH3 is 1. The molecule has 0 aromatic heterocycles. The maximum atomic E-state index is 13.8. The van der Waals surface area contributed by atoms with Crippen molar-refractivity contribution in [3.63, 3.8) is 0 Å². The van der Waals surface area contributed by atoms with E-state index in [4.69, 9.17) is 15.2 Å². The van der Waals surface area contributed by atoms with Gasteiger partial charge in [0.15, 0.2) is 23.1 Å². The van der Waals surface area contributed by atoms with Gasteiger partial charge in [0.05, 0.1) is 7.11 Å². The summed E-state index contributed by atoms with van der Waals surface area (Å²) in [5, 5.41) is 0. The molecule has 0 aliphatic heterocycles. The number of benzene rings is 2. The molecule has 0 fully saturated rings. The molecule has 2 aromatic rings. The molecule has 2 aromatic carbocycles. The van der Waals surface area contributed by atoms with Crippen LogP contribution in [0.1, 0.15) is 24.1 Å². The van der Waals surface area contributed by atoms with E-state index >= 15 is 0 Å². The van der Waals surface area contributed by atoms with Crippen LogP contribution in [-0.2, 0) is 6.61 Å². The largest absolute Gasteiger partial charge is 0.494 e. The van der Waals surface area contributed by atoms with Gasteiger partial charge in [-0.3, -0.25) is 0 Å². The minimum atomic E-state index is -0.487. The van der Waals surface area contributed by atoms with Crippen molar-refractivity contribution >= 4 is 0 Å². The summed E-state index contributed by atoms with van der Waals surface area (Å²) in [7, 11) is 1.39. The zero-order valence-corrected chi connectivity index (χ0v) is 11.9. The number of ether oxygens (including phenoxy) is 2. The van der Waals surface area contributed by atoms with E-state index in [9.17, 15) is 8.78 Å². The lowest BCUT2D eigenvalue weighted by Crippen LogP contribution is -2.06. The molecule has 0 saturated carbocycles. The minimum absolute atomic E-state index is 0.0648. The average molecular weight is 293 g/mol. The first-order valence-electron chi connectivity index (χ1n) is 6.51. The Hall–Kier alpha value is -2.14. The Morgan fingerprint density at radius 2 is 1.71 bits per heavy atom. The molecule has 2 rings (SSSR count). The van der Waals surface area contributed by atoms with Gasteiger partial charge in [-0.2, -0.15) is 0 Å². The second kappa shape index (κ2) is 6.54. The van der Waals surface area contributed by atoms with Crippen LogP contribution in [0.3, 0.4) is 0 Å². The maximum absolute atomic E-state index is 13.8. The monoisotopic (exact) mass is 293 g/mol. The molecule has 0 heterocycles. The van der Waals surface area contributed by atoms with E-state index in [0.29, 0.717) is 11.1 Å². The quantitative estimate of drug-likeness (QED) is 0.916. The summed E-state index contributed by atoms with van der Waals surface area (Å²) in [5.74, 6) is -0.702. The first-order valence-corrected chi connectivity index (χ1v) is 6.51. The van der Waals surface area contributed by atoms with Crippen LogP contribution in [0.2, 0.25) is 0 Å². The third-order valence-electron chi connectivity index (χ3n) is 3.09. The average Bonchev–Trinajstić information content (AvgIpc) is 2.46. The molecule has 2 N–H and O–H groups in total. The van der Waals surface area contributed by atoms with Crippen molar-refractivity contribution in [1.29, 1.82) is 0 Å². The first kappa shape index (κ1) is 15.3. The number of hydrogen-bond donors (Lipinski definition) is 1. The van der Waals surface area contributed by atoms with Crippen LogP contribution in [0.25, 0.3) is 0 Å². The van der Waals surface area contributed by atoms with Crippen LogP contribution in [0.5, 0.6) is 11.5 Å². The lowest BCUT2D eigenvalue weighted by Gasteiger charge is -2.11. The SMILES string of the molecule is COc1ccc(COc2ccc([C@@H](C)N)cc2F)cc1F. The molecule has 0 spiro atoms. The second-order valence-corrected chi connectivity index (χ2v) is 4.74. The van der Waals surface area contributed by atoms with Crippen molar-refractivity contribution < 1.29 is 18.3 Å². The van der Waals surface area contributed by atoms with E-state index in [1.807, 2.05) is 0 Å². The summed E-state index contributed by atoms with van der Waals surface area (Å²) in [6.07, 6.45) is 0. The third-order valence-corrected chi connectivity index (χ3v) is 3.09. The fourth-order valence-electron chi connectivity index (χ4n) is 1.88. The molecule has 0 bridgehead atoms. The van der Waals surface area contributed by atoms with Gasteiger partial charge < -0.3 is 15.2 Å². The Kier molecular flexibility index (Phi) is 4.75. The number of hydrogen-bond acceptors (Lipinski definition) is 3. The topological polar surface area (TPSA) is 44.5 Å². The third kappa shape index (κ3) is 3.70. The molecule has 0 aliphatic carbocycles. The highest BCUT2D eigenvalue weighted by Gasteiger charge is 2.09. The predicted octanol–water partition coefficient (Wildman–Crippen LogP) is 3.57. The van der Waals surface area contributed by atoms with Crippen LogP contribution in [-0.4, -0.2) is 7.11 Å². The fourth-order valence-corrected chi connectivity index (χ4v) is 1.88. The number of rotatable bonds is 5. The Bertz CT molecular complexity index is 630. The van der Waals surface area contributed by atoms with Crippen molar-refractivity contribution in [2.45, 2.75) is 19.6 Å². The normalized spacial score (nSPS) is 12.0. The lowest BCUT2D eigenvalue weighted by molar-refractivity contribution is 0.289. The molecular formula is C16H17F2NO2. The van der Waals surface area contributed by atoms with E-state index in [1.54, 1.807) is 19.1 Å². The molecule has 0 unspecified atom stereocenters. The van der Waals surface area contributed by atoms with Crippen LogP contribution in [0.4, 0.5) is 8.78 Å². The standard InChI is InChI=1S/C16H17F2NO2/c1-10(19)12-4-6-16(14(18)8-12)21-9-11-3-5-15(20-2)13(17)7-11/h3-8,10H,9,19H2,1-2H3/t10-/m1/s1. The van der Waals surface area contributed by atoms with E-state index in [-0.39, 0.29) is 24.1 Å². The number of halogens is 2. The molecule has 0 saturated heterocycles. The Morgan fingerprint density at radius 1 is 1.05 bits per heavy atom. The number of nitrogens with two attached hydrogens (primary N) is 1. The lowest BCUT2D eigenvalue weighted by atomic mass is 10.1. The zero-order valence-electron chi connectivity index (χ0n) is 11.9. The summed E-state index contributed by atoms with van der Waals surface area (Å²) in [4.78, 5) is 0. The molecule has 5 heteroatoms. The van der Waals surface area contributed by atoms with Crippen LogP contribution < -0.4 is 15.2 Å². The Morgan fingerprint density at radius 3 is 2.29 bits per heavy atom. The van der Waals surface area contributed by atoms with Gasteiger partial charge in [0.2, 0.25) is 0 Å². The van der Waals surface area contributed by atoms with E-state index in [1.165, 1.54) is 31.4 Å². The fraction of sp³-hybridized carbons (Fsp3) is 0.250. The van der Waals surface area contributed by atoms with Crippen LogP contribution >= 0.6 is 0 Å². The smallest absolute Gasteiger partial charge is 0.165 e. The zero-order chi connectivity index (χ0) is 15.4. The van der Waals surface area contributed by atoms with E-state index in [2.05, 4.69) is 0 Å². The van der Waals surface area contributed by atoms with Gasteiger partial charge >= 0.3 is 0 Å². The van der Waals surface area contributed by atoms with Crippen molar-refractivity contribution in [3.05, 3.63) is 59.2 Å². The van der Waals surface area contributed by atoms with Gasteiger partial charge in [0, 0.05) is 6.04 Å². The van der Waals surface area contributed by atoms with Gasteiger partial charge in [-0.05, 0) is 42.3 Å². The molecule has 0 aliphatic rings. The molecule has 0 radical (unpaired) electrons. The molecule has 112 valence electrons. The summed E-state index contributed by atoms with van der Waals surface area (Å²) in [5.41, 5.74) is 6.96. The Labute approximate surface area is 122 Å². The highest BCUT2D eigenvalue weighted by atomic mass is 19.1. The van der Waals surface area contributed by atoms with Crippen molar-refractivity contribution in [3.8, 4) is 11.5 Å². The molecule has 3 nitrogen and oxygen atoms in total. The molecule has 21 heavy (non-hydrogen) atoms. The Balaban J connectivity index is 2.08. The van der Waals surface area contributed by atoms with Crippen molar-refractivity contribution in [2.24, 2.45) is 5.73 Å². The van der Waals surface area contributed by atoms with Gasteiger partial charge in [-0.15, -0.1) is 0 Å². The van der Waals surface area contributed by atoms with Gasteiger partial charge in [-0.1, -0.05) is 12.1 Å². The summed E-state index contributed by atoms with van der Waals surface area (Å²) >= 11 is 0. The molecular weight excluding hydrogens is 276 g/mol. The predicted molar refractivity (Wildman–Crippen MR) is 76.3 cm³/mol. The summed E-state index contributed by atoms with van der Waals surface area (Å²) in [6, 6.07) is 8.79. The summed E-state index contributed by atoms with van der Waals surface area (Å²) in [6.45, 7) is 1.84. The van der Waals surface area contributed by atoms with Crippen molar-refractivity contribution in [2.75, 3.05) is 7.11 Å². The second-order valence-electron chi connectivity index (χ2n) is 4.74. The van der Waals surface area contributed by atoms with Crippen molar-refractivity contribution in [1.82, 2.24) is 0 Å². The van der Waals surface area contributed by atoms with Gasteiger partial charge in [0.1, 0.15) is 6.61 Å².